The maximum absolute atomic E-state index is 5.97. The minimum atomic E-state index is 0.179. The van der Waals surface area contributed by atoms with Crippen molar-refractivity contribution in [2.24, 2.45) is 5.41 Å². The van der Waals surface area contributed by atoms with E-state index >= 15 is 0 Å². The van der Waals surface area contributed by atoms with Crippen molar-refractivity contribution in [1.82, 2.24) is 15.0 Å². The molecule has 2 atom stereocenters. The topological polar surface area (TPSA) is 67.6 Å². The third-order valence-corrected chi connectivity index (χ3v) is 5.92. The minimum absolute atomic E-state index is 0.179. The molecule has 1 saturated carbocycles. The molecule has 2 bridgehead atoms. The Labute approximate surface area is 118 Å². The van der Waals surface area contributed by atoms with Crippen molar-refractivity contribution in [3.63, 3.8) is 0 Å². The highest BCUT2D eigenvalue weighted by atomic mass is 15.0. The molecule has 4 rings (SSSR count). The predicted molar refractivity (Wildman–Crippen MR) is 79.3 cm³/mol. The van der Waals surface area contributed by atoms with Crippen LogP contribution in [0.25, 0.3) is 11.4 Å². The Morgan fingerprint density at radius 3 is 2.85 bits per heavy atom. The fourth-order valence-electron chi connectivity index (χ4n) is 4.23. The summed E-state index contributed by atoms with van der Waals surface area (Å²) < 4.78 is 0. The van der Waals surface area contributed by atoms with Crippen LogP contribution in [0.1, 0.15) is 50.9 Å². The summed E-state index contributed by atoms with van der Waals surface area (Å²) in [6.45, 7) is 7.10. The number of H-pyrrole nitrogens is 1. The number of nitrogens with one attached hydrogen (secondary N) is 1. The average Bonchev–Trinajstić information content (AvgIpc) is 2.97. The molecule has 1 fully saturated rings. The predicted octanol–water partition coefficient (Wildman–Crippen LogP) is 3.23. The van der Waals surface area contributed by atoms with Crippen LogP contribution in [0.5, 0.6) is 0 Å². The molecule has 3 N–H and O–H groups in total. The largest absolute Gasteiger partial charge is 0.383 e. The quantitative estimate of drug-likeness (QED) is 0.834. The summed E-state index contributed by atoms with van der Waals surface area (Å²) in [6.07, 6.45) is 4.19. The van der Waals surface area contributed by atoms with Gasteiger partial charge in [-0.05, 0) is 30.4 Å². The SMILES string of the molecule is CC12CCC(c3[nH]c(-c4cccnc4N)nc31)C2(C)C. The van der Waals surface area contributed by atoms with Gasteiger partial charge in [-0.3, -0.25) is 0 Å². The van der Waals surface area contributed by atoms with Crippen LogP contribution < -0.4 is 5.73 Å². The van der Waals surface area contributed by atoms with Gasteiger partial charge in [0, 0.05) is 23.2 Å². The number of imidazole rings is 1. The molecular weight excluding hydrogens is 248 g/mol. The number of fused-ring (bicyclic) bond motifs is 5. The van der Waals surface area contributed by atoms with E-state index in [4.69, 9.17) is 10.7 Å². The summed E-state index contributed by atoms with van der Waals surface area (Å²) in [4.78, 5) is 12.6. The molecule has 4 heteroatoms. The maximum atomic E-state index is 5.97. The molecule has 0 aliphatic heterocycles. The van der Waals surface area contributed by atoms with E-state index in [1.54, 1.807) is 6.20 Å². The average molecular weight is 268 g/mol. The zero-order valence-electron chi connectivity index (χ0n) is 12.2. The molecule has 2 aliphatic carbocycles. The Balaban J connectivity index is 1.89. The lowest BCUT2D eigenvalue weighted by atomic mass is 9.70. The summed E-state index contributed by atoms with van der Waals surface area (Å²) in [6, 6.07) is 3.88. The Hall–Kier alpha value is -1.84. The zero-order valence-corrected chi connectivity index (χ0v) is 12.2. The standard InChI is InChI=1S/C16H20N4/c1-15(2)10-6-7-16(15,3)12-11(10)19-14(20-12)9-5-4-8-18-13(9)17/h4-5,8,10H,6-7H2,1-3H3,(H2,17,18)(H,19,20). The zero-order chi connectivity index (χ0) is 14.1. The van der Waals surface area contributed by atoms with E-state index in [1.807, 2.05) is 12.1 Å². The van der Waals surface area contributed by atoms with Gasteiger partial charge in [0.05, 0.1) is 11.3 Å². The number of hydrogen-bond donors (Lipinski definition) is 2. The molecule has 4 nitrogen and oxygen atoms in total. The van der Waals surface area contributed by atoms with Gasteiger partial charge >= 0.3 is 0 Å². The highest BCUT2D eigenvalue weighted by Gasteiger charge is 2.61. The number of nitrogens with zero attached hydrogens (tertiary/aromatic N) is 2. The van der Waals surface area contributed by atoms with Gasteiger partial charge in [0.1, 0.15) is 11.6 Å². The second-order valence-electron chi connectivity index (χ2n) is 6.93. The van der Waals surface area contributed by atoms with E-state index in [2.05, 4.69) is 30.7 Å². The van der Waals surface area contributed by atoms with Gasteiger partial charge in [-0.1, -0.05) is 20.8 Å². The molecule has 0 spiro atoms. The molecule has 104 valence electrons. The molecule has 0 saturated heterocycles. The number of anilines is 1. The molecule has 2 aromatic rings. The van der Waals surface area contributed by atoms with E-state index in [0.29, 0.717) is 17.2 Å². The lowest BCUT2D eigenvalue weighted by Gasteiger charge is -2.34. The molecular formula is C16H20N4. The van der Waals surface area contributed by atoms with Crippen LogP contribution in [-0.2, 0) is 5.41 Å². The maximum Gasteiger partial charge on any atom is 0.141 e. The van der Waals surface area contributed by atoms with Crippen LogP contribution >= 0.6 is 0 Å². The second-order valence-corrected chi connectivity index (χ2v) is 6.93. The first kappa shape index (κ1) is 11.9. The van der Waals surface area contributed by atoms with Crippen molar-refractivity contribution >= 4 is 5.82 Å². The van der Waals surface area contributed by atoms with Crippen molar-refractivity contribution in [3.05, 3.63) is 29.7 Å². The van der Waals surface area contributed by atoms with Crippen molar-refractivity contribution < 1.29 is 0 Å². The summed E-state index contributed by atoms with van der Waals surface area (Å²) in [7, 11) is 0. The second kappa shape index (κ2) is 3.43. The van der Waals surface area contributed by atoms with Crippen LogP contribution in [0.2, 0.25) is 0 Å². The first-order valence-corrected chi connectivity index (χ1v) is 7.26. The smallest absolute Gasteiger partial charge is 0.141 e. The van der Waals surface area contributed by atoms with Gasteiger partial charge in [0.25, 0.3) is 0 Å². The van der Waals surface area contributed by atoms with Crippen LogP contribution in [0.3, 0.4) is 0 Å². The molecule has 0 amide bonds. The highest BCUT2D eigenvalue weighted by Crippen LogP contribution is 2.67. The van der Waals surface area contributed by atoms with Crippen LogP contribution in [0, 0.1) is 5.41 Å². The van der Waals surface area contributed by atoms with E-state index in [9.17, 15) is 0 Å². The summed E-state index contributed by atoms with van der Waals surface area (Å²) >= 11 is 0. The normalized spacial score (nSPS) is 29.6. The number of hydrogen-bond acceptors (Lipinski definition) is 3. The molecule has 0 radical (unpaired) electrons. The summed E-state index contributed by atoms with van der Waals surface area (Å²) in [5.74, 6) is 1.99. The van der Waals surface area contributed by atoms with Crippen molar-refractivity contribution in [1.29, 1.82) is 0 Å². The van der Waals surface area contributed by atoms with Gasteiger partial charge in [0.15, 0.2) is 0 Å². The molecule has 2 aromatic heterocycles. The monoisotopic (exact) mass is 268 g/mol. The van der Waals surface area contributed by atoms with E-state index in [1.165, 1.54) is 24.2 Å². The number of pyridine rings is 1. The highest BCUT2D eigenvalue weighted by molar-refractivity contribution is 5.69. The third-order valence-electron chi connectivity index (χ3n) is 5.92. The molecule has 0 aromatic carbocycles. The number of nitrogens with two attached hydrogens (primary N) is 1. The number of aromatic amines is 1. The van der Waals surface area contributed by atoms with E-state index in [-0.39, 0.29) is 5.41 Å². The number of aromatic nitrogens is 3. The summed E-state index contributed by atoms with van der Waals surface area (Å²) in [5.41, 5.74) is 9.92. The molecule has 2 aliphatic rings. The van der Waals surface area contributed by atoms with E-state index in [0.717, 1.165) is 11.4 Å². The Bertz CT molecular complexity index is 700. The number of nitrogen functional groups attached to an aromatic ring is 1. The fourth-order valence-corrected chi connectivity index (χ4v) is 4.23. The fraction of sp³-hybridized carbons (Fsp3) is 0.500. The molecule has 20 heavy (non-hydrogen) atoms. The first-order chi connectivity index (χ1) is 9.45. The van der Waals surface area contributed by atoms with Crippen LogP contribution in [-0.4, -0.2) is 15.0 Å². The molecule has 2 unspecified atom stereocenters. The lowest BCUT2D eigenvalue weighted by molar-refractivity contribution is 0.226. The van der Waals surface area contributed by atoms with Crippen LogP contribution in [0.15, 0.2) is 18.3 Å². The van der Waals surface area contributed by atoms with Crippen LogP contribution in [0.4, 0.5) is 5.82 Å². The number of rotatable bonds is 1. The Morgan fingerprint density at radius 2 is 2.15 bits per heavy atom. The minimum Gasteiger partial charge on any atom is -0.383 e. The van der Waals surface area contributed by atoms with Gasteiger partial charge in [-0.2, -0.15) is 0 Å². The van der Waals surface area contributed by atoms with Crippen molar-refractivity contribution in [2.45, 2.75) is 44.9 Å². The molecule has 2 heterocycles. The van der Waals surface area contributed by atoms with Gasteiger partial charge in [-0.15, -0.1) is 0 Å². The Morgan fingerprint density at radius 1 is 1.35 bits per heavy atom. The van der Waals surface area contributed by atoms with Gasteiger partial charge < -0.3 is 10.7 Å². The lowest BCUT2D eigenvalue weighted by Crippen LogP contribution is -2.31. The van der Waals surface area contributed by atoms with Crippen molar-refractivity contribution in [2.75, 3.05) is 5.73 Å². The van der Waals surface area contributed by atoms with Crippen molar-refractivity contribution in [3.8, 4) is 11.4 Å². The van der Waals surface area contributed by atoms with Gasteiger partial charge in [-0.25, -0.2) is 9.97 Å². The van der Waals surface area contributed by atoms with Gasteiger partial charge in [0.2, 0.25) is 0 Å². The summed E-state index contributed by atoms with van der Waals surface area (Å²) in [5, 5.41) is 0. The third kappa shape index (κ3) is 1.18. The first-order valence-electron chi connectivity index (χ1n) is 7.26. The Kier molecular flexibility index (Phi) is 2.05. The van der Waals surface area contributed by atoms with E-state index < -0.39 is 0 Å².